The van der Waals surface area contributed by atoms with Crippen molar-refractivity contribution in [2.75, 3.05) is 6.54 Å². The number of carbonyl (C=O) groups excluding carboxylic acids is 4. The molecule has 2 atom stereocenters. The second-order valence-electron chi connectivity index (χ2n) is 10.0. The quantitative estimate of drug-likeness (QED) is 0.353. The van der Waals surface area contributed by atoms with Crippen molar-refractivity contribution in [3.05, 3.63) is 34.9 Å². The molecular formula is C25H31NO5. The first-order chi connectivity index (χ1) is 14.6. The highest BCUT2D eigenvalue weighted by Gasteiger charge is 2.59. The number of allylic oxidation sites excluding steroid dienone is 1. The molecule has 1 spiro atoms. The van der Waals surface area contributed by atoms with Crippen molar-refractivity contribution in [3.63, 3.8) is 0 Å². The summed E-state index contributed by atoms with van der Waals surface area (Å²) in [5, 5.41) is 0. The summed E-state index contributed by atoms with van der Waals surface area (Å²) in [6.45, 7) is 8.55. The van der Waals surface area contributed by atoms with Crippen LogP contribution >= 0.6 is 0 Å². The van der Waals surface area contributed by atoms with E-state index in [1.807, 2.05) is 26.8 Å². The van der Waals surface area contributed by atoms with Crippen molar-refractivity contribution in [1.82, 2.24) is 4.90 Å². The minimum atomic E-state index is -0.421. The lowest BCUT2D eigenvalue weighted by Gasteiger charge is -2.35. The number of imide groups is 1. The van der Waals surface area contributed by atoms with Gasteiger partial charge >= 0.3 is 5.97 Å². The third-order valence-corrected chi connectivity index (χ3v) is 7.58. The van der Waals surface area contributed by atoms with Crippen molar-refractivity contribution in [3.8, 4) is 0 Å². The van der Waals surface area contributed by atoms with Crippen LogP contribution in [0.4, 0.5) is 0 Å². The van der Waals surface area contributed by atoms with E-state index >= 15 is 0 Å². The van der Waals surface area contributed by atoms with E-state index in [1.54, 1.807) is 0 Å². The van der Waals surface area contributed by atoms with Crippen LogP contribution in [0, 0.1) is 16.7 Å². The van der Waals surface area contributed by atoms with E-state index in [4.69, 9.17) is 4.74 Å². The molecule has 6 nitrogen and oxygen atoms in total. The van der Waals surface area contributed by atoms with Gasteiger partial charge in [-0.05, 0) is 32.6 Å². The van der Waals surface area contributed by atoms with Crippen molar-refractivity contribution < 1.29 is 23.9 Å². The maximum Gasteiger partial charge on any atom is 0.306 e. The van der Waals surface area contributed by atoms with Crippen LogP contribution in [-0.4, -0.2) is 41.1 Å². The first-order valence-electron chi connectivity index (χ1n) is 11.3. The van der Waals surface area contributed by atoms with E-state index in [0.29, 0.717) is 19.4 Å². The number of ether oxygens (including phenoxy) is 1. The number of ketones is 1. The van der Waals surface area contributed by atoms with Crippen LogP contribution in [0.15, 0.2) is 34.9 Å². The largest absolute Gasteiger partial charge is 0.457 e. The number of esters is 1. The molecule has 0 aromatic rings. The minimum absolute atomic E-state index is 0.00248. The monoisotopic (exact) mass is 425 g/mol. The fraction of sp³-hybridized carbons (Fsp3) is 0.600. The number of nitrogens with zero attached hydrogens (tertiary/aromatic N) is 1. The number of unbranched alkanes of at least 4 members (excludes halogenated alkanes) is 2. The van der Waals surface area contributed by atoms with Gasteiger partial charge in [0.1, 0.15) is 6.10 Å². The third kappa shape index (κ3) is 3.60. The van der Waals surface area contributed by atoms with Crippen LogP contribution in [0.25, 0.3) is 0 Å². The van der Waals surface area contributed by atoms with Crippen LogP contribution in [0.3, 0.4) is 0 Å². The highest BCUT2D eigenvalue weighted by atomic mass is 16.5. The first-order valence-corrected chi connectivity index (χ1v) is 11.3. The standard InChI is InChI=1S/C25H31NO5/c1-15-21-17(22(30)16(2)25(15)11-12-25)14-24(3,4)23(21)31-20(29)8-6-5-7-13-26-18(27)9-10-19(26)28/h9-10,14,16,23H,5-8,11-13H2,1-4H3/t16-,23-/m1/s1. The molecule has 166 valence electrons. The van der Waals surface area contributed by atoms with Gasteiger partial charge in [-0.3, -0.25) is 24.1 Å². The predicted molar refractivity (Wildman–Crippen MR) is 115 cm³/mol. The van der Waals surface area contributed by atoms with Gasteiger partial charge in [0.2, 0.25) is 0 Å². The molecule has 0 aromatic heterocycles. The van der Waals surface area contributed by atoms with Gasteiger partial charge in [-0.2, -0.15) is 0 Å². The average Bonchev–Trinajstić information content (AvgIpc) is 3.40. The second kappa shape index (κ2) is 7.57. The zero-order valence-corrected chi connectivity index (χ0v) is 18.8. The molecule has 31 heavy (non-hydrogen) atoms. The van der Waals surface area contributed by atoms with Gasteiger partial charge in [0.15, 0.2) is 5.78 Å². The summed E-state index contributed by atoms with van der Waals surface area (Å²) in [5.74, 6) is -0.629. The molecular weight excluding hydrogens is 394 g/mol. The molecule has 1 fully saturated rings. The average molecular weight is 426 g/mol. The van der Waals surface area contributed by atoms with Crippen molar-refractivity contribution >= 4 is 23.6 Å². The number of amides is 2. The molecule has 0 unspecified atom stereocenters. The molecule has 0 radical (unpaired) electrons. The zero-order chi connectivity index (χ0) is 22.6. The topological polar surface area (TPSA) is 80.8 Å². The van der Waals surface area contributed by atoms with Crippen LogP contribution in [0.2, 0.25) is 0 Å². The lowest BCUT2D eigenvalue weighted by atomic mass is 9.70. The van der Waals surface area contributed by atoms with E-state index in [1.165, 1.54) is 22.6 Å². The Kier molecular flexibility index (Phi) is 5.31. The number of hydrogen-bond acceptors (Lipinski definition) is 5. The van der Waals surface area contributed by atoms with Gasteiger partial charge in [-0.15, -0.1) is 0 Å². The Hall–Kier alpha value is -2.50. The fourth-order valence-electron chi connectivity index (χ4n) is 5.43. The normalized spacial score (nSPS) is 27.8. The van der Waals surface area contributed by atoms with Gasteiger partial charge in [0, 0.05) is 53.0 Å². The summed E-state index contributed by atoms with van der Waals surface area (Å²) in [7, 11) is 0. The number of hydrogen-bond donors (Lipinski definition) is 0. The Morgan fingerprint density at radius 3 is 2.35 bits per heavy atom. The molecule has 1 aliphatic heterocycles. The molecule has 3 aliphatic carbocycles. The summed E-state index contributed by atoms with van der Waals surface area (Å²) < 4.78 is 5.96. The number of Topliss-reactive ketones (excluding diaryl/α,β-unsaturated/α-hetero) is 1. The van der Waals surface area contributed by atoms with Crippen molar-refractivity contribution in [2.24, 2.45) is 16.7 Å². The van der Waals surface area contributed by atoms with Crippen LogP contribution < -0.4 is 0 Å². The highest BCUT2D eigenvalue weighted by Crippen LogP contribution is 2.64. The molecule has 0 aromatic carbocycles. The van der Waals surface area contributed by atoms with E-state index < -0.39 is 11.5 Å². The number of fused-ring (bicyclic) bond motifs is 1. The van der Waals surface area contributed by atoms with Crippen molar-refractivity contribution in [2.45, 2.75) is 72.3 Å². The van der Waals surface area contributed by atoms with Crippen molar-refractivity contribution in [1.29, 1.82) is 0 Å². The molecule has 6 heteroatoms. The molecule has 0 N–H and O–H groups in total. The Labute approximate surface area is 183 Å². The van der Waals surface area contributed by atoms with E-state index in [0.717, 1.165) is 30.4 Å². The predicted octanol–water partition coefficient (Wildman–Crippen LogP) is 3.67. The Bertz CT molecular complexity index is 929. The molecule has 0 bridgehead atoms. The summed E-state index contributed by atoms with van der Waals surface area (Å²) in [4.78, 5) is 50.0. The lowest BCUT2D eigenvalue weighted by molar-refractivity contribution is -0.151. The van der Waals surface area contributed by atoms with Gasteiger partial charge in [-0.25, -0.2) is 0 Å². The Morgan fingerprint density at radius 1 is 1.10 bits per heavy atom. The Morgan fingerprint density at radius 2 is 1.74 bits per heavy atom. The molecule has 2 amide bonds. The maximum absolute atomic E-state index is 13.0. The summed E-state index contributed by atoms with van der Waals surface area (Å²) in [6.07, 6.45) is 8.50. The van der Waals surface area contributed by atoms with Gasteiger partial charge < -0.3 is 4.74 Å². The molecule has 4 rings (SSSR count). The summed E-state index contributed by atoms with van der Waals surface area (Å²) in [6, 6.07) is 0. The SMILES string of the molecule is CC1=C2C(=CC(C)(C)[C@@H]2OC(=O)CCCCCN2C(=O)C=CC2=O)C(=O)[C@@H](C)C12CC2. The fourth-order valence-corrected chi connectivity index (χ4v) is 5.43. The summed E-state index contributed by atoms with van der Waals surface area (Å²) >= 11 is 0. The smallest absolute Gasteiger partial charge is 0.306 e. The third-order valence-electron chi connectivity index (χ3n) is 7.58. The van der Waals surface area contributed by atoms with E-state index in [-0.39, 0.29) is 41.3 Å². The lowest BCUT2D eigenvalue weighted by Crippen LogP contribution is -2.36. The summed E-state index contributed by atoms with van der Waals surface area (Å²) in [5.41, 5.74) is 2.47. The molecule has 4 aliphatic rings. The maximum atomic E-state index is 13.0. The number of rotatable bonds is 7. The van der Waals surface area contributed by atoms with Crippen LogP contribution in [0.5, 0.6) is 0 Å². The van der Waals surface area contributed by atoms with Gasteiger partial charge in [0.05, 0.1) is 0 Å². The van der Waals surface area contributed by atoms with E-state index in [9.17, 15) is 19.2 Å². The minimum Gasteiger partial charge on any atom is -0.457 e. The molecule has 0 saturated heterocycles. The molecule has 1 heterocycles. The first kappa shape index (κ1) is 21.7. The zero-order valence-electron chi connectivity index (χ0n) is 18.8. The Balaban J connectivity index is 1.34. The second-order valence-corrected chi connectivity index (χ2v) is 10.0. The number of carbonyl (C=O) groups is 4. The van der Waals surface area contributed by atoms with E-state index in [2.05, 4.69) is 6.92 Å². The van der Waals surface area contributed by atoms with Gasteiger partial charge in [0.25, 0.3) is 11.8 Å². The van der Waals surface area contributed by atoms with Crippen LogP contribution in [0.1, 0.15) is 66.2 Å². The van der Waals surface area contributed by atoms with Crippen LogP contribution in [-0.2, 0) is 23.9 Å². The highest BCUT2D eigenvalue weighted by molar-refractivity contribution is 6.12. The van der Waals surface area contributed by atoms with Gasteiger partial charge in [-0.1, -0.05) is 38.8 Å². The molecule has 1 saturated carbocycles.